The molecule has 2 aromatic heterocycles. The zero-order valence-electron chi connectivity index (χ0n) is 11.7. The minimum atomic E-state index is 0.568. The summed E-state index contributed by atoms with van der Waals surface area (Å²) in [6.45, 7) is 6.34. The van der Waals surface area contributed by atoms with Crippen molar-refractivity contribution in [3.63, 3.8) is 0 Å². The van der Waals surface area contributed by atoms with Crippen LogP contribution in [0, 0.1) is 6.92 Å². The Morgan fingerprint density at radius 3 is 3.05 bits per heavy atom. The standard InChI is InChI=1S/C14H20BrN5/c1-11-7-14(18-17-11)12-3-2-4-19(9-12)5-6-20-10-13(15)8-16-20/h7-8,10,12H,2-6,9H2,1H3,(H,17,18). The Balaban J connectivity index is 1.55. The van der Waals surface area contributed by atoms with Crippen LogP contribution in [0.4, 0.5) is 0 Å². The number of hydrogen-bond donors (Lipinski definition) is 1. The lowest BCUT2D eigenvalue weighted by atomic mass is 9.95. The van der Waals surface area contributed by atoms with Crippen molar-refractivity contribution in [1.29, 1.82) is 0 Å². The summed E-state index contributed by atoms with van der Waals surface area (Å²) in [6, 6.07) is 2.18. The highest BCUT2D eigenvalue weighted by Crippen LogP contribution is 2.25. The molecule has 1 unspecified atom stereocenters. The summed E-state index contributed by atoms with van der Waals surface area (Å²) in [5.41, 5.74) is 2.37. The molecule has 1 atom stereocenters. The van der Waals surface area contributed by atoms with Gasteiger partial charge >= 0.3 is 0 Å². The summed E-state index contributed by atoms with van der Waals surface area (Å²) in [5.74, 6) is 0.568. The minimum absolute atomic E-state index is 0.568. The maximum Gasteiger partial charge on any atom is 0.0668 e. The summed E-state index contributed by atoms with van der Waals surface area (Å²) in [7, 11) is 0. The fraction of sp³-hybridized carbons (Fsp3) is 0.571. The molecule has 1 N–H and O–H groups in total. The van der Waals surface area contributed by atoms with Gasteiger partial charge in [-0.1, -0.05) is 0 Å². The molecular weight excluding hydrogens is 318 g/mol. The van der Waals surface area contributed by atoms with Crippen LogP contribution >= 0.6 is 15.9 Å². The molecule has 0 saturated carbocycles. The Kier molecular flexibility index (Phi) is 4.21. The van der Waals surface area contributed by atoms with Gasteiger partial charge in [-0.05, 0) is 48.3 Å². The first kappa shape index (κ1) is 13.8. The molecule has 1 fully saturated rings. The highest BCUT2D eigenvalue weighted by molar-refractivity contribution is 9.10. The first-order valence-electron chi connectivity index (χ1n) is 7.13. The predicted octanol–water partition coefficient (Wildman–Crippen LogP) is 2.56. The Labute approximate surface area is 127 Å². The summed E-state index contributed by atoms with van der Waals surface area (Å²) in [6.07, 6.45) is 6.36. The van der Waals surface area contributed by atoms with Gasteiger partial charge in [0.15, 0.2) is 0 Å². The first-order valence-corrected chi connectivity index (χ1v) is 7.92. The molecule has 5 nitrogen and oxygen atoms in total. The van der Waals surface area contributed by atoms with Crippen molar-refractivity contribution in [3.8, 4) is 0 Å². The van der Waals surface area contributed by atoms with Crippen LogP contribution in [0.5, 0.6) is 0 Å². The van der Waals surface area contributed by atoms with E-state index in [0.29, 0.717) is 5.92 Å². The van der Waals surface area contributed by atoms with Crippen molar-refractivity contribution in [2.75, 3.05) is 19.6 Å². The summed E-state index contributed by atoms with van der Waals surface area (Å²) in [4.78, 5) is 2.52. The van der Waals surface area contributed by atoms with E-state index in [1.807, 2.05) is 17.1 Å². The number of aryl methyl sites for hydroxylation is 1. The van der Waals surface area contributed by atoms with Gasteiger partial charge < -0.3 is 4.90 Å². The van der Waals surface area contributed by atoms with Crippen LogP contribution in [0.1, 0.15) is 30.1 Å². The van der Waals surface area contributed by atoms with Gasteiger partial charge in [-0.3, -0.25) is 9.78 Å². The Morgan fingerprint density at radius 1 is 1.45 bits per heavy atom. The van der Waals surface area contributed by atoms with Gasteiger partial charge in [-0.15, -0.1) is 0 Å². The zero-order chi connectivity index (χ0) is 13.9. The van der Waals surface area contributed by atoms with Crippen molar-refractivity contribution in [2.45, 2.75) is 32.2 Å². The quantitative estimate of drug-likeness (QED) is 0.932. The van der Waals surface area contributed by atoms with E-state index in [-0.39, 0.29) is 0 Å². The number of piperidine rings is 1. The van der Waals surface area contributed by atoms with Crippen molar-refractivity contribution in [1.82, 2.24) is 24.9 Å². The minimum Gasteiger partial charge on any atom is -0.301 e. The molecule has 1 aliphatic rings. The van der Waals surface area contributed by atoms with Gasteiger partial charge in [0.05, 0.1) is 22.9 Å². The van der Waals surface area contributed by atoms with Gasteiger partial charge in [0.1, 0.15) is 0 Å². The van der Waals surface area contributed by atoms with Crippen molar-refractivity contribution < 1.29 is 0 Å². The van der Waals surface area contributed by atoms with Crippen LogP contribution < -0.4 is 0 Å². The maximum atomic E-state index is 4.42. The Morgan fingerprint density at radius 2 is 2.35 bits per heavy atom. The smallest absolute Gasteiger partial charge is 0.0668 e. The van der Waals surface area contributed by atoms with Gasteiger partial charge in [0.2, 0.25) is 0 Å². The number of hydrogen-bond acceptors (Lipinski definition) is 3. The third-order valence-corrected chi connectivity index (χ3v) is 4.31. The number of nitrogens with zero attached hydrogens (tertiary/aromatic N) is 4. The summed E-state index contributed by atoms with van der Waals surface area (Å²) >= 11 is 3.43. The van der Waals surface area contributed by atoms with Gasteiger partial charge in [0.25, 0.3) is 0 Å². The number of aromatic nitrogens is 4. The number of rotatable bonds is 4. The molecule has 0 spiro atoms. The molecule has 1 saturated heterocycles. The van der Waals surface area contributed by atoms with Crippen molar-refractivity contribution >= 4 is 15.9 Å². The molecule has 0 amide bonds. The van der Waals surface area contributed by atoms with E-state index in [4.69, 9.17) is 0 Å². The highest BCUT2D eigenvalue weighted by Gasteiger charge is 2.22. The number of nitrogens with one attached hydrogen (secondary N) is 1. The molecule has 2 aromatic rings. The molecule has 3 heterocycles. The third kappa shape index (κ3) is 3.30. The Hall–Kier alpha value is -1.14. The molecule has 0 bridgehead atoms. The second kappa shape index (κ2) is 6.10. The number of aromatic amines is 1. The van der Waals surface area contributed by atoms with E-state index in [1.54, 1.807) is 0 Å². The number of H-pyrrole nitrogens is 1. The average Bonchev–Trinajstić information content (AvgIpc) is 3.06. The highest BCUT2D eigenvalue weighted by atomic mass is 79.9. The zero-order valence-corrected chi connectivity index (χ0v) is 13.3. The molecule has 0 aliphatic carbocycles. The molecule has 108 valence electrons. The van der Waals surface area contributed by atoms with E-state index in [1.165, 1.54) is 25.1 Å². The summed E-state index contributed by atoms with van der Waals surface area (Å²) in [5, 5.41) is 11.8. The fourth-order valence-electron chi connectivity index (χ4n) is 2.85. The van der Waals surface area contributed by atoms with Gasteiger partial charge in [-0.25, -0.2) is 0 Å². The fourth-order valence-corrected chi connectivity index (χ4v) is 3.18. The molecule has 0 aromatic carbocycles. The van der Waals surface area contributed by atoms with Crippen LogP contribution in [0.2, 0.25) is 0 Å². The van der Waals surface area contributed by atoms with Crippen LogP contribution in [-0.2, 0) is 6.54 Å². The molecule has 0 radical (unpaired) electrons. The van der Waals surface area contributed by atoms with Crippen molar-refractivity contribution in [2.24, 2.45) is 0 Å². The lowest BCUT2D eigenvalue weighted by Crippen LogP contribution is -2.36. The number of halogens is 1. The third-order valence-electron chi connectivity index (χ3n) is 3.90. The van der Waals surface area contributed by atoms with Gasteiger partial charge in [-0.2, -0.15) is 10.2 Å². The monoisotopic (exact) mass is 337 g/mol. The normalized spacial score (nSPS) is 20.4. The second-order valence-electron chi connectivity index (χ2n) is 5.54. The lowest BCUT2D eigenvalue weighted by Gasteiger charge is -2.31. The van der Waals surface area contributed by atoms with E-state index in [9.17, 15) is 0 Å². The van der Waals surface area contributed by atoms with Crippen LogP contribution in [0.15, 0.2) is 22.9 Å². The van der Waals surface area contributed by atoms with Crippen LogP contribution in [0.25, 0.3) is 0 Å². The maximum absolute atomic E-state index is 4.42. The topological polar surface area (TPSA) is 49.7 Å². The van der Waals surface area contributed by atoms with Crippen molar-refractivity contribution in [3.05, 3.63) is 34.3 Å². The second-order valence-corrected chi connectivity index (χ2v) is 6.45. The SMILES string of the molecule is Cc1cc(C2CCCN(CCn3cc(Br)cn3)C2)n[nH]1. The van der Waals surface area contributed by atoms with Crippen LogP contribution in [-0.4, -0.2) is 44.5 Å². The van der Waals surface area contributed by atoms with E-state index in [0.717, 1.165) is 29.8 Å². The molecular formula is C14H20BrN5. The van der Waals surface area contributed by atoms with E-state index >= 15 is 0 Å². The molecule has 20 heavy (non-hydrogen) atoms. The predicted molar refractivity (Wildman–Crippen MR) is 81.7 cm³/mol. The average molecular weight is 338 g/mol. The summed E-state index contributed by atoms with van der Waals surface area (Å²) < 4.78 is 3.04. The Bertz CT molecular complexity index is 561. The largest absolute Gasteiger partial charge is 0.301 e. The van der Waals surface area contributed by atoms with E-state index < -0.39 is 0 Å². The van der Waals surface area contributed by atoms with Crippen LogP contribution in [0.3, 0.4) is 0 Å². The first-order chi connectivity index (χ1) is 9.70. The molecule has 1 aliphatic heterocycles. The molecule has 6 heteroatoms. The van der Waals surface area contributed by atoms with Gasteiger partial charge in [0, 0.05) is 30.9 Å². The lowest BCUT2D eigenvalue weighted by molar-refractivity contribution is 0.197. The van der Waals surface area contributed by atoms with E-state index in [2.05, 4.69) is 49.1 Å². The molecule has 3 rings (SSSR count). The number of likely N-dealkylation sites (tertiary alicyclic amines) is 1.